The summed E-state index contributed by atoms with van der Waals surface area (Å²) in [6, 6.07) is 3.06. The van der Waals surface area contributed by atoms with Crippen LogP contribution in [0.2, 0.25) is 0 Å². The first kappa shape index (κ1) is 13.3. The minimum atomic E-state index is -4.92. The fourth-order valence-electron chi connectivity index (χ4n) is 1.27. The van der Waals surface area contributed by atoms with Crippen molar-refractivity contribution in [1.29, 1.82) is 5.26 Å². The normalized spacial score (nSPS) is 11.0. The highest BCUT2D eigenvalue weighted by atomic mass is 35.5. The Labute approximate surface area is 99.0 Å². The van der Waals surface area contributed by atoms with Crippen molar-refractivity contribution >= 4 is 17.4 Å². The predicted molar refractivity (Wildman–Crippen MR) is 52.9 cm³/mol. The van der Waals surface area contributed by atoms with Crippen molar-refractivity contribution in [2.24, 2.45) is 0 Å². The van der Waals surface area contributed by atoms with Gasteiger partial charge in [0.25, 0.3) is 0 Å². The molecule has 90 valence electrons. The summed E-state index contributed by atoms with van der Waals surface area (Å²) in [4.78, 5) is 11.2. The van der Waals surface area contributed by atoms with Gasteiger partial charge in [0.15, 0.2) is 5.78 Å². The molecule has 0 atom stereocenters. The molecule has 0 aromatic heterocycles. The van der Waals surface area contributed by atoms with E-state index in [2.05, 4.69) is 0 Å². The van der Waals surface area contributed by atoms with Crippen molar-refractivity contribution in [2.45, 2.75) is 6.18 Å². The first-order valence-electron chi connectivity index (χ1n) is 4.25. The summed E-state index contributed by atoms with van der Waals surface area (Å²) in [7, 11) is 0. The van der Waals surface area contributed by atoms with Gasteiger partial charge in [-0.25, -0.2) is 0 Å². The van der Waals surface area contributed by atoms with Gasteiger partial charge in [-0.05, 0) is 12.1 Å². The number of phenols is 1. The minimum absolute atomic E-state index is 0.550. The van der Waals surface area contributed by atoms with Gasteiger partial charge < -0.3 is 5.11 Å². The number of aromatic hydroxyl groups is 1. The van der Waals surface area contributed by atoms with E-state index >= 15 is 0 Å². The van der Waals surface area contributed by atoms with E-state index in [-0.39, 0.29) is 0 Å². The standard InChI is InChI=1S/C10H5ClF3NO2/c11-3-7(16)6-2-1-5(4-15)8(9(6)17)10(12,13)14/h1-2,17H,3H2. The van der Waals surface area contributed by atoms with E-state index in [1.807, 2.05) is 0 Å². The zero-order chi connectivity index (χ0) is 13.2. The van der Waals surface area contributed by atoms with Crippen molar-refractivity contribution in [3.8, 4) is 11.8 Å². The average molecular weight is 264 g/mol. The lowest BCUT2D eigenvalue weighted by Crippen LogP contribution is -2.11. The fraction of sp³-hybridized carbons (Fsp3) is 0.200. The van der Waals surface area contributed by atoms with Crippen LogP contribution in [0.25, 0.3) is 0 Å². The molecule has 0 spiro atoms. The van der Waals surface area contributed by atoms with Gasteiger partial charge in [0.1, 0.15) is 11.3 Å². The molecular weight excluding hydrogens is 259 g/mol. The van der Waals surface area contributed by atoms with E-state index in [1.165, 1.54) is 6.07 Å². The Balaban J connectivity index is 3.56. The molecule has 0 heterocycles. The second kappa shape index (κ2) is 4.63. The lowest BCUT2D eigenvalue weighted by atomic mass is 10.0. The van der Waals surface area contributed by atoms with E-state index in [1.54, 1.807) is 0 Å². The molecule has 0 aliphatic heterocycles. The molecule has 1 N–H and O–H groups in total. The van der Waals surface area contributed by atoms with Gasteiger partial charge in [0.2, 0.25) is 0 Å². The molecule has 0 aliphatic carbocycles. The van der Waals surface area contributed by atoms with Crippen LogP contribution in [0.5, 0.6) is 5.75 Å². The first-order chi connectivity index (χ1) is 7.82. The molecule has 1 rings (SSSR count). The SMILES string of the molecule is N#Cc1ccc(C(=O)CCl)c(O)c1C(F)(F)F. The van der Waals surface area contributed by atoms with Gasteiger partial charge in [-0.1, -0.05) is 0 Å². The average Bonchev–Trinajstić information content (AvgIpc) is 2.25. The lowest BCUT2D eigenvalue weighted by molar-refractivity contribution is -0.139. The number of nitrogens with zero attached hydrogens (tertiary/aromatic N) is 1. The Kier molecular flexibility index (Phi) is 3.63. The van der Waals surface area contributed by atoms with Crippen molar-refractivity contribution < 1.29 is 23.1 Å². The third-order valence-corrected chi connectivity index (χ3v) is 2.25. The number of carbonyl (C=O) groups is 1. The topological polar surface area (TPSA) is 61.1 Å². The zero-order valence-corrected chi connectivity index (χ0v) is 8.93. The maximum absolute atomic E-state index is 12.6. The van der Waals surface area contributed by atoms with E-state index in [9.17, 15) is 23.1 Å². The van der Waals surface area contributed by atoms with Crippen LogP contribution in [0.4, 0.5) is 13.2 Å². The number of halogens is 4. The number of rotatable bonds is 2. The summed E-state index contributed by atoms with van der Waals surface area (Å²) < 4.78 is 37.8. The number of alkyl halides is 4. The molecular formula is C10H5ClF3NO2. The Morgan fingerprint density at radius 2 is 2.06 bits per heavy atom. The number of phenolic OH excluding ortho intramolecular Hbond substituents is 1. The van der Waals surface area contributed by atoms with E-state index in [4.69, 9.17) is 16.9 Å². The van der Waals surface area contributed by atoms with Crippen LogP contribution < -0.4 is 0 Å². The number of nitriles is 1. The molecule has 7 heteroatoms. The van der Waals surface area contributed by atoms with Crippen molar-refractivity contribution in [2.75, 3.05) is 5.88 Å². The van der Waals surface area contributed by atoms with Crippen LogP contribution in [-0.4, -0.2) is 16.8 Å². The second-order valence-electron chi connectivity index (χ2n) is 3.05. The van der Waals surface area contributed by atoms with E-state index in [0.29, 0.717) is 0 Å². The molecule has 3 nitrogen and oxygen atoms in total. The highest BCUT2D eigenvalue weighted by Crippen LogP contribution is 2.40. The van der Waals surface area contributed by atoms with Gasteiger partial charge in [0.05, 0.1) is 23.1 Å². The molecule has 1 aromatic carbocycles. The van der Waals surface area contributed by atoms with Crippen molar-refractivity contribution in [3.05, 3.63) is 28.8 Å². The number of Topliss-reactive ketones (excluding diaryl/α,β-unsaturated/α-hetero) is 1. The van der Waals surface area contributed by atoms with Crippen LogP contribution in [0.1, 0.15) is 21.5 Å². The smallest absolute Gasteiger partial charge is 0.421 e. The number of hydrogen-bond donors (Lipinski definition) is 1. The number of carbonyl (C=O) groups excluding carboxylic acids is 1. The highest BCUT2D eigenvalue weighted by Gasteiger charge is 2.38. The molecule has 0 saturated carbocycles. The fourth-order valence-corrected chi connectivity index (χ4v) is 1.41. The monoisotopic (exact) mass is 263 g/mol. The van der Waals surface area contributed by atoms with Crippen molar-refractivity contribution in [3.63, 3.8) is 0 Å². The summed E-state index contributed by atoms with van der Waals surface area (Å²) in [5, 5.41) is 17.9. The maximum atomic E-state index is 12.6. The van der Waals surface area contributed by atoms with Crippen LogP contribution >= 0.6 is 11.6 Å². The van der Waals surface area contributed by atoms with Gasteiger partial charge in [0, 0.05) is 0 Å². The molecule has 0 amide bonds. The van der Waals surface area contributed by atoms with E-state index in [0.717, 1.165) is 12.1 Å². The quantitative estimate of drug-likeness (QED) is 0.659. The molecule has 0 fully saturated rings. The third kappa shape index (κ3) is 2.50. The molecule has 17 heavy (non-hydrogen) atoms. The molecule has 0 saturated heterocycles. The van der Waals surface area contributed by atoms with Crippen LogP contribution in [-0.2, 0) is 6.18 Å². The summed E-state index contributed by atoms with van der Waals surface area (Å²) in [5.74, 6) is -2.67. The summed E-state index contributed by atoms with van der Waals surface area (Å²) in [6.07, 6.45) is -4.92. The summed E-state index contributed by atoms with van der Waals surface area (Å²) in [5.41, 5.74) is -2.82. The summed E-state index contributed by atoms with van der Waals surface area (Å²) in [6.45, 7) is 0. The molecule has 0 bridgehead atoms. The van der Waals surface area contributed by atoms with E-state index < -0.39 is 40.3 Å². The third-order valence-electron chi connectivity index (χ3n) is 2.00. The number of hydrogen-bond acceptors (Lipinski definition) is 3. The molecule has 1 aromatic rings. The molecule has 0 aliphatic rings. The van der Waals surface area contributed by atoms with Gasteiger partial charge in [-0.2, -0.15) is 18.4 Å². The van der Waals surface area contributed by atoms with Crippen LogP contribution in [0, 0.1) is 11.3 Å². The minimum Gasteiger partial charge on any atom is -0.507 e. The van der Waals surface area contributed by atoms with Crippen molar-refractivity contribution in [1.82, 2.24) is 0 Å². The highest BCUT2D eigenvalue weighted by molar-refractivity contribution is 6.30. The predicted octanol–water partition coefficient (Wildman–Crippen LogP) is 2.70. The Morgan fingerprint density at radius 1 is 1.47 bits per heavy atom. The van der Waals surface area contributed by atoms with Crippen LogP contribution in [0.3, 0.4) is 0 Å². The van der Waals surface area contributed by atoms with Crippen LogP contribution in [0.15, 0.2) is 12.1 Å². The largest absolute Gasteiger partial charge is 0.507 e. The maximum Gasteiger partial charge on any atom is 0.421 e. The Morgan fingerprint density at radius 3 is 2.47 bits per heavy atom. The van der Waals surface area contributed by atoms with Gasteiger partial charge >= 0.3 is 6.18 Å². The van der Waals surface area contributed by atoms with Gasteiger partial charge in [-0.15, -0.1) is 11.6 Å². The molecule has 0 radical (unpaired) electrons. The summed E-state index contributed by atoms with van der Waals surface area (Å²) >= 11 is 5.19. The second-order valence-corrected chi connectivity index (χ2v) is 3.32. The first-order valence-corrected chi connectivity index (χ1v) is 4.78. The number of benzene rings is 1. The Bertz CT molecular complexity index is 505. The number of ketones is 1. The molecule has 0 unspecified atom stereocenters. The Hall–Kier alpha value is -1.74. The van der Waals surface area contributed by atoms with Gasteiger partial charge in [-0.3, -0.25) is 4.79 Å². The lowest BCUT2D eigenvalue weighted by Gasteiger charge is -2.12. The zero-order valence-electron chi connectivity index (χ0n) is 8.18.